The maximum absolute atomic E-state index is 13.3. The standard InChI is InChI=1S/C24H33N5O4/c1-16-11-29(12-19-9-25-15-26-10-19)17(2)14-33-22-7-6-20(27-18(3)30)8-21(22)24(31)28(4)13-23(16)32-5/h6-10,15-17,23H,11-14H2,1-5H3,(H,27,30)/t16-,17+,23-/m0/s1. The second-order valence-electron chi connectivity index (χ2n) is 8.67. The molecule has 3 rings (SSSR count). The highest BCUT2D eigenvalue weighted by molar-refractivity contribution is 5.99. The summed E-state index contributed by atoms with van der Waals surface area (Å²) in [6.45, 7) is 7.91. The molecule has 0 unspecified atom stereocenters. The Bertz CT molecular complexity index is 955. The van der Waals surface area contributed by atoms with Crippen LogP contribution in [0.4, 0.5) is 5.69 Å². The highest BCUT2D eigenvalue weighted by atomic mass is 16.5. The van der Waals surface area contributed by atoms with E-state index in [1.807, 2.05) is 12.4 Å². The third-order valence-corrected chi connectivity index (χ3v) is 5.89. The molecule has 0 saturated heterocycles. The van der Waals surface area contributed by atoms with Crippen LogP contribution in [0, 0.1) is 5.92 Å². The lowest BCUT2D eigenvalue weighted by Gasteiger charge is -2.36. The average Bonchev–Trinajstić information content (AvgIpc) is 2.80. The van der Waals surface area contributed by atoms with Gasteiger partial charge in [0.05, 0.1) is 11.7 Å². The number of aromatic nitrogens is 2. The van der Waals surface area contributed by atoms with Gasteiger partial charge in [-0.1, -0.05) is 6.92 Å². The minimum Gasteiger partial charge on any atom is -0.491 e. The number of benzene rings is 1. The van der Waals surface area contributed by atoms with E-state index >= 15 is 0 Å². The largest absolute Gasteiger partial charge is 0.491 e. The maximum atomic E-state index is 13.3. The highest BCUT2D eigenvalue weighted by Gasteiger charge is 2.28. The van der Waals surface area contributed by atoms with Crippen LogP contribution in [0.25, 0.3) is 0 Å². The Labute approximate surface area is 195 Å². The number of hydrogen-bond donors (Lipinski definition) is 1. The van der Waals surface area contributed by atoms with Crippen molar-refractivity contribution in [3.05, 3.63) is 48.0 Å². The van der Waals surface area contributed by atoms with Gasteiger partial charge >= 0.3 is 0 Å². The Kier molecular flexibility index (Phi) is 8.35. The Morgan fingerprint density at radius 3 is 2.64 bits per heavy atom. The Hall–Kier alpha value is -3.04. The number of amides is 2. The van der Waals surface area contributed by atoms with Gasteiger partial charge in [-0.15, -0.1) is 0 Å². The van der Waals surface area contributed by atoms with Crippen LogP contribution in [0.1, 0.15) is 36.7 Å². The van der Waals surface area contributed by atoms with Crippen molar-refractivity contribution in [1.82, 2.24) is 19.8 Å². The molecule has 2 amide bonds. The molecular formula is C24H33N5O4. The quantitative estimate of drug-likeness (QED) is 0.756. The van der Waals surface area contributed by atoms with Crippen molar-refractivity contribution in [1.29, 1.82) is 0 Å². The molecule has 0 saturated carbocycles. The van der Waals surface area contributed by atoms with E-state index in [4.69, 9.17) is 9.47 Å². The van der Waals surface area contributed by atoms with Crippen molar-refractivity contribution in [3.8, 4) is 5.75 Å². The summed E-state index contributed by atoms with van der Waals surface area (Å²) in [7, 11) is 3.43. The molecule has 2 heterocycles. The third kappa shape index (κ3) is 6.49. The first-order valence-electron chi connectivity index (χ1n) is 11.1. The molecular weight excluding hydrogens is 422 g/mol. The molecule has 33 heavy (non-hydrogen) atoms. The second kappa shape index (κ2) is 11.2. The van der Waals surface area contributed by atoms with Crippen molar-refractivity contribution in [3.63, 3.8) is 0 Å². The molecule has 1 aliphatic heterocycles. The lowest BCUT2D eigenvalue weighted by molar-refractivity contribution is -0.114. The number of carbonyl (C=O) groups is 2. The van der Waals surface area contributed by atoms with Gasteiger partial charge < -0.3 is 19.7 Å². The smallest absolute Gasteiger partial charge is 0.257 e. The van der Waals surface area contributed by atoms with Gasteiger partial charge in [-0.05, 0) is 31.0 Å². The number of ether oxygens (including phenoxy) is 2. The summed E-state index contributed by atoms with van der Waals surface area (Å²) < 4.78 is 11.9. The Morgan fingerprint density at radius 1 is 1.24 bits per heavy atom. The van der Waals surface area contributed by atoms with Gasteiger partial charge in [0.1, 0.15) is 18.7 Å². The molecule has 178 valence electrons. The Morgan fingerprint density at radius 2 is 1.97 bits per heavy atom. The van der Waals surface area contributed by atoms with Gasteiger partial charge in [0.15, 0.2) is 0 Å². The molecule has 0 fully saturated rings. The number of fused-ring (bicyclic) bond motifs is 1. The summed E-state index contributed by atoms with van der Waals surface area (Å²) in [4.78, 5) is 37.1. The summed E-state index contributed by atoms with van der Waals surface area (Å²) in [6, 6.07) is 5.19. The molecule has 0 bridgehead atoms. The average molecular weight is 456 g/mol. The predicted molar refractivity (Wildman–Crippen MR) is 125 cm³/mol. The highest BCUT2D eigenvalue weighted by Crippen LogP contribution is 2.26. The van der Waals surface area contributed by atoms with Crippen LogP contribution >= 0.6 is 0 Å². The minimum absolute atomic E-state index is 0.0558. The van der Waals surface area contributed by atoms with E-state index in [1.165, 1.54) is 13.3 Å². The number of nitrogens with zero attached hydrogens (tertiary/aromatic N) is 4. The van der Waals surface area contributed by atoms with Gasteiger partial charge in [0.2, 0.25) is 5.91 Å². The van der Waals surface area contributed by atoms with E-state index in [1.54, 1.807) is 37.3 Å². The fraction of sp³-hybridized carbons (Fsp3) is 0.500. The summed E-state index contributed by atoms with van der Waals surface area (Å²) in [6.07, 6.45) is 5.01. The second-order valence-corrected chi connectivity index (χ2v) is 8.67. The molecule has 2 aromatic rings. The van der Waals surface area contributed by atoms with Crippen LogP contribution in [-0.4, -0.2) is 77.6 Å². The number of methoxy groups -OCH3 is 1. The SMILES string of the molecule is CO[C@H]1CN(C)C(=O)c2cc(NC(C)=O)ccc2OC[C@@H](C)N(Cc2cncnc2)C[C@@H]1C. The van der Waals surface area contributed by atoms with Gasteiger partial charge in [-0.3, -0.25) is 14.5 Å². The zero-order chi connectivity index (χ0) is 24.0. The zero-order valence-corrected chi connectivity index (χ0v) is 19.9. The Balaban J connectivity index is 1.94. The van der Waals surface area contributed by atoms with E-state index in [9.17, 15) is 9.59 Å². The van der Waals surface area contributed by atoms with E-state index < -0.39 is 0 Å². The van der Waals surface area contributed by atoms with Gasteiger partial charge in [-0.2, -0.15) is 0 Å². The first-order valence-corrected chi connectivity index (χ1v) is 11.1. The predicted octanol–water partition coefficient (Wildman–Crippen LogP) is 2.44. The lowest BCUT2D eigenvalue weighted by atomic mass is 10.0. The minimum atomic E-state index is -0.202. The number of nitrogens with one attached hydrogen (secondary N) is 1. The van der Waals surface area contributed by atoms with Crippen molar-refractivity contribution < 1.29 is 19.1 Å². The monoisotopic (exact) mass is 455 g/mol. The molecule has 0 spiro atoms. The normalized spacial score (nSPS) is 22.5. The summed E-state index contributed by atoms with van der Waals surface area (Å²) in [5, 5.41) is 2.74. The molecule has 0 aliphatic carbocycles. The summed E-state index contributed by atoms with van der Waals surface area (Å²) in [5.74, 6) is 0.255. The van der Waals surface area contributed by atoms with Crippen LogP contribution in [-0.2, 0) is 16.1 Å². The van der Waals surface area contributed by atoms with E-state index in [0.29, 0.717) is 36.7 Å². The fourth-order valence-corrected chi connectivity index (χ4v) is 4.00. The molecule has 9 nitrogen and oxygen atoms in total. The lowest BCUT2D eigenvalue weighted by Crippen LogP contribution is -2.46. The van der Waals surface area contributed by atoms with E-state index in [-0.39, 0.29) is 29.9 Å². The van der Waals surface area contributed by atoms with Gasteiger partial charge in [0, 0.05) is 70.4 Å². The van der Waals surface area contributed by atoms with Crippen molar-refractivity contribution in [2.24, 2.45) is 5.92 Å². The molecule has 1 N–H and O–H groups in total. The number of anilines is 1. The summed E-state index contributed by atoms with van der Waals surface area (Å²) in [5.41, 5.74) is 1.97. The molecule has 1 aliphatic rings. The topological polar surface area (TPSA) is 96.9 Å². The molecule has 9 heteroatoms. The first kappa shape index (κ1) is 24.6. The van der Waals surface area contributed by atoms with Crippen molar-refractivity contribution in [2.45, 2.75) is 39.5 Å². The van der Waals surface area contributed by atoms with Crippen molar-refractivity contribution >= 4 is 17.5 Å². The molecule has 0 radical (unpaired) electrons. The van der Waals surface area contributed by atoms with Crippen LogP contribution in [0.2, 0.25) is 0 Å². The molecule has 1 aromatic carbocycles. The third-order valence-electron chi connectivity index (χ3n) is 5.89. The van der Waals surface area contributed by atoms with Gasteiger partial charge in [0.25, 0.3) is 5.91 Å². The number of hydrogen-bond acceptors (Lipinski definition) is 7. The summed E-state index contributed by atoms with van der Waals surface area (Å²) >= 11 is 0. The zero-order valence-electron chi connectivity index (χ0n) is 19.9. The van der Waals surface area contributed by atoms with E-state index in [2.05, 4.69) is 34.0 Å². The van der Waals surface area contributed by atoms with Crippen LogP contribution in [0.15, 0.2) is 36.9 Å². The van der Waals surface area contributed by atoms with Crippen LogP contribution in [0.3, 0.4) is 0 Å². The molecule has 1 aromatic heterocycles. The first-order chi connectivity index (χ1) is 15.8. The number of likely N-dealkylation sites (N-methyl/N-ethyl adjacent to an activating group) is 1. The van der Waals surface area contributed by atoms with Crippen LogP contribution in [0.5, 0.6) is 5.75 Å². The fourth-order valence-electron chi connectivity index (χ4n) is 4.00. The van der Waals surface area contributed by atoms with Crippen molar-refractivity contribution in [2.75, 3.05) is 39.2 Å². The maximum Gasteiger partial charge on any atom is 0.257 e. The number of rotatable bonds is 4. The van der Waals surface area contributed by atoms with Gasteiger partial charge in [-0.25, -0.2) is 9.97 Å². The molecule has 3 atom stereocenters. The number of carbonyl (C=O) groups excluding carboxylic acids is 2. The van der Waals surface area contributed by atoms with Crippen LogP contribution < -0.4 is 10.1 Å². The van der Waals surface area contributed by atoms with E-state index in [0.717, 1.165) is 12.1 Å².